The average molecular weight is 223 g/mol. The van der Waals surface area contributed by atoms with Crippen molar-refractivity contribution in [3.05, 3.63) is 53.2 Å². The van der Waals surface area contributed by atoms with Gasteiger partial charge >= 0.3 is 0 Å². The molecule has 0 saturated heterocycles. The lowest BCUT2D eigenvalue weighted by Gasteiger charge is -2.08. The van der Waals surface area contributed by atoms with E-state index in [1.165, 1.54) is 5.56 Å². The first-order valence-corrected chi connectivity index (χ1v) is 5.40. The average Bonchev–Trinajstić information content (AvgIpc) is 2.32. The normalized spacial score (nSPS) is 9.71. The first-order valence-electron chi connectivity index (χ1n) is 5.40. The van der Waals surface area contributed by atoms with Gasteiger partial charge in [0.25, 0.3) is 0 Å². The van der Waals surface area contributed by atoms with Gasteiger partial charge in [-0.3, -0.25) is 0 Å². The molecule has 17 heavy (non-hydrogen) atoms. The van der Waals surface area contributed by atoms with E-state index in [0.29, 0.717) is 11.4 Å². The van der Waals surface area contributed by atoms with Crippen LogP contribution in [0, 0.1) is 25.2 Å². The second-order valence-corrected chi connectivity index (χ2v) is 3.95. The third-order valence-electron chi connectivity index (χ3n) is 2.59. The predicted octanol–water partition coefficient (Wildman–Crippen LogP) is 3.31. The molecule has 2 aromatic rings. The number of pyridine rings is 1. The number of hydrogen-bond donors (Lipinski definition) is 1. The minimum atomic E-state index is 0.591. The third kappa shape index (κ3) is 2.43. The van der Waals surface area contributed by atoms with E-state index in [9.17, 15) is 0 Å². The first kappa shape index (κ1) is 11.2. The van der Waals surface area contributed by atoms with Crippen molar-refractivity contribution in [2.24, 2.45) is 0 Å². The molecule has 84 valence electrons. The lowest BCUT2D eigenvalue weighted by Crippen LogP contribution is -1.98. The molecule has 3 nitrogen and oxygen atoms in total. The van der Waals surface area contributed by atoms with E-state index < -0.39 is 0 Å². The minimum absolute atomic E-state index is 0.591. The topological polar surface area (TPSA) is 48.7 Å². The lowest BCUT2D eigenvalue weighted by molar-refractivity contribution is 1.24. The minimum Gasteiger partial charge on any atom is -0.339 e. The Bertz CT molecular complexity index is 565. The fourth-order valence-corrected chi connectivity index (χ4v) is 1.57. The van der Waals surface area contributed by atoms with Crippen molar-refractivity contribution in [2.75, 3.05) is 5.32 Å². The second kappa shape index (κ2) is 4.67. The number of anilines is 2. The van der Waals surface area contributed by atoms with Gasteiger partial charge in [-0.25, -0.2) is 4.98 Å². The van der Waals surface area contributed by atoms with Gasteiger partial charge < -0.3 is 5.32 Å². The molecule has 1 aromatic heterocycles. The van der Waals surface area contributed by atoms with Crippen molar-refractivity contribution in [3.63, 3.8) is 0 Å². The Kier molecular flexibility index (Phi) is 3.06. The number of benzene rings is 1. The van der Waals surface area contributed by atoms with Crippen LogP contribution in [0.5, 0.6) is 0 Å². The summed E-state index contributed by atoms with van der Waals surface area (Å²) in [4.78, 5) is 4.19. The predicted molar refractivity (Wildman–Crippen MR) is 68.2 cm³/mol. The molecule has 0 spiro atoms. The summed E-state index contributed by atoms with van der Waals surface area (Å²) in [6.45, 7) is 3.94. The van der Waals surface area contributed by atoms with Crippen LogP contribution >= 0.6 is 0 Å². The van der Waals surface area contributed by atoms with Gasteiger partial charge in [0.1, 0.15) is 11.9 Å². The van der Waals surface area contributed by atoms with Gasteiger partial charge in [-0.15, -0.1) is 0 Å². The fourth-order valence-electron chi connectivity index (χ4n) is 1.57. The number of nitrogens with zero attached hydrogens (tertiary/aromatic N) is 2. The number of nitriles is 1. The largest absolute Gasteiger partial charge is 0.339 e. The molecular weight excluding hydrogens is 210 g/mol. The van der Waals surface area contributed by atoms with Crippen LogP contribution in [0.1, 0.15) is 16.7 Å². The van der Waals surface area contributed by atoms with E-state index in [1.54, 1.807) is 6.20 Å². The zero-order valence-electron chi connectivity index (χ0n) is 9.86. The fraction of sp³-hybridized carbons (Fsp3) is 0.143. The van der Waals surface area contributed by atoms with Gasteiger partial charge in [0.05, 0.1) is 5.56 Å². The quantitative estimate of drug-likeness (QED) is 0.849. The standard InChI is InChI=1S/C14H13N3/c1-10-3-5-12(6-4-10)17-14-13(9-15)11(2)7-8-16-14/h3-8H,1-2H3,(H,16,17). The van der Waals surface area contributed by atoms with Crippen LogP contribution < -0.4 is 5.32 Å². The molecule has 0 unspecified atom stereocenters. The molecule has 0 atom stereocenters. The summed E-state index contributed by atoms with van der Waals surface area (Å²) in [6, 6.07) is 12.0. The number of nitrogens with one attached hydrogen (secondary N) is 1. The van der Waals surface area contributed by atoms with Crippen molar-refractivity contribution in [1.82, 2.24) is 4.98 Å². The number of rotatable bonds is 2. The van der Waals surface area contributed by atoms with Crippen molar-refractivity contribution in [1.29, 1.82) is 5.26 Å². The van der Waals surface area contributed by atoms with Gasteiger partial charge in [-0.2, -0.15) is 5.26 Å². The molecule has 0 bridgehead atoms. The van der Waals surface area contributed by atoms with Crippen LogP contribution in [0.25, 0.3) is 0 Å². The molecule has 0 amide bonds. The maximum Gasteiger partial charge on any atom is 0.148 e. The van der Waals surface area contributed by atoms with Crippen molar-refractivity contribution >= 4 is 11.5 Å². The highest BCUT2D eigenvalue weighted by molar-refractivity contribution is 5.64. The Labute approximate surface area is 101 Å². The van der Waals surface area contributed by atoms with E-state index in [0.717, 1.165) is 11.3 Å². The summed E-state index contributed by atoms with van der Waals surface area (Å²) in [5.41, 5.74) is 3.66. The number of aromatic nitrogens is 1. The Morgan fingerprint density at radius 1 is 1.12 bits per heavy atom. The molecule has 0 saturated carbocycles. The van der Waals surface area contributed by atoms with Crippen LogP contribution in [-0.2, 0) is 0 Å². The van der Waals surface area contributed by atoms with Crippen molar-refractivity contribution in [2.45, 2.75) is 13.8 Å². The highest BCUT2D eigenvalue weighted by Crippen LogP contribution is 2.20. The molecule has 0 aliphatic carbocycles. The Morgan fingerprint density at radius 3 is 2.47 bits per heavy atom. The molecule has 2 rings (SSSR count). The van der Waals surface area contributed by atoms with Crippen molar-refractivity contribution < 1.29 is 0 Å². The van der Waals surface area contributed by atoms with Crippen LogP contribution in [0.3, 0.4) is 0 Å². The maximum absolute atomic E-state index is 9.09. The molecular formula is C14H13N3. The summed E-state index contributed by atoms with van der Waals surface area (Å²) in [5, 5.41) is 12.2. The van der Waals surface area contributed by atoms with Gasteiger partial charge in [-0.05, 0) is 37.6 Å². The summed E-state index contributed by atoms with van der Waals surface area (Å²) in [6.07, 6.45) is 1.70. The van der Waals surface area contributed by atoms with E-state index in [4.69, 9.17) is 5.26 Å². The summed E-state index contributed by atoms with van der Waals surface area (Å²) >= 11 is 0. The Morgan fingerprint density at radius 2 is 1.82 bits per heavy atom. The second-order valence-electron chi connectivity index (χ2n) is 3.95. The van der Waals surface area contributed by atoms with Gasteiger partial charge in [0, 0.05) is 11.9 Å². The molecule has 3 heteroatoms. The number of aryl methyl sites for hydroxylation is 2. The molecule has 0 aliphatic heterocycles. The molecule has 1 heterocycles. The van der Waals surface area contributed by atoms with Crippen LogP contribution in [0.4, 0.5) is 11.5 Å². The molecule has 0 aliphatic rings. The maximum atomic E-state index is 9.09. The lowest BCUT2D eigenvalue weighted by atomic mass is 10.1. The van der Waals surface area contributed by atoms with Crippen molar-refractivity contribution in [3.8, 4) is 6.07 Å². The molecule has 0 fully saturated rings. The molecule has 0 radical (unpaired) electrons. The summed E-state index contributed by atoms with van der Waals surface area (Å²) in [5.74, 6) is 0.608. The monoisotopic (exact) mass is 223 g/mol. The Balaban J connectivity index is 2.34. The molecule has 1 N–H and O–H groups in total. The van der Waals surface area contributed by atoms with Crippen LogP contribution in [0.2, 0.25) is 0 Å². The molecule has 1 aromatic carbocycles. The van der Waals surface area contributed by atoms with E-state index in [2.05, 4.69) is 16.4 Å². The zero-order chi connectivity index (χ0) is 12.3. The van der Waals surface area contributed by atoms with Gasteiger partial charge in [0.2, 0.25) is 0 Å². The van der Waals surface area contributed by atoms with Crippen LogP contribution in [0.15, 0.2) is 36.5 Å². The first-order chi connectivity index (χ1) is 8.20. The van der Waals surface area contributed by atoms with Gasteiger partial charge in [0.15, 0.2) is 0 Å². The highest BCUT2D eigenvalue weighted by Gasteiger charge is 2.06. The Hall–Kier alpha value is -2.34. The highest BCUT2D eigenvalue weighted by atomic mass is 15.0. The summed E-state index contributed by atoms with van der Waals surface area (Å²) in [7, 11) is 0. The zero-order valence-corrected chi connectivity index (χ0v) is 9.86. The third-order valence-corrected chi connectivity index (χ3v) is 2.59. The van der Waals surface area contributed by atoms with E-state index >= 15 is 0 Å². The summed E-state index contributed by atoms with van der Waals surface area (Å²) < 4.78 is 0. The van der Waals surface area contributed by atoms with E-state index in [-0.39, 0.29) is 0 Å². The SMILES string of the molecule is Cc1ccc(Nc2nccc(C)c2C#N)cc1. The smallest absolute Gasteiger partial charge is 0.148 e. The van der Waals surface area contributed by atoms with E-state index in [1.807, 2.05) is 44.2 Å². The number of hydrogen-bond acceptors (Lipinski definition) is 3. The van der Waals surface area contributed by atoms with Gasteiger partial charge in [-0.1, -0.05) is 17.7 Å². The van der Waals surface area contributed by atoms with Crippen LogP contribution in [-0.4, -0.2) is 4.98 Å².